The molecule has 144 valence electrons. The number of benzene rings is 2. The number of halogens is 1. The molecule has 0 unspecified atom stereocenters. The number of hydrogen-bond acceptors (Lipinski definition) is 3. The maximum absolute atomic E-state index is 5.97. The summed E-state index contributed by atoms with van der Waals surface area (Å²) in [6.45, 7) is 6.82. The van der Waals surface area contributed by atoms with Crippen molar-refractivity contribution < 1.29 is 9.47 Å². The molecule has 0 aromatic heterocycles. The van der Waals surface area contributed by atoms with Crippen molar-refractivity contribution in [2.75, 3.05) is 13.7 Å². The highest BCUT2D eigenvalue weighted by molar-refractivity contribution is 5.85. The third-order valence-electron chi connectivity index (χ3n) is 4.41. The van der Waals surface area contributed by atoms with E-state index in [2.05, 4.69) is 43.4 Å². The zero-order valence-electron chi connectivity index (χ0n) is 16.2. The van der Waals surface area contributed by atoms with Gasteiger partial charge in [0, 0.05) is 6.54 Å². The van der Waals surface area contributed by atoms with Gasteiger partial charge in [0.25, 0.3) is 0 Å². The third-order valence-corrected chi connectivity index (χ3v) is 4.41. The van der Waals surface area contributed by atoms with Crippen molar-refractivity contribution in [1.82, 2.24) is 5.32 Å². The van der Waals surface area contributed by atoms with Crippen LogP contribution in [0.5, 0.6) is 11.5 Å². The van der Waals surface area contributed by atoms with E-state index in [4.69, 9.17) is 9.47 Å². The summed E-state index contributed by atoms with van der Waals surface area (Å²) in [5.41, 5.74) is 3.66. The molecule has 0 fully saturated rings. The molecule has 0 aliphatic rings. The van der Waals surface area contributed by atoms with Gasteiger partial charge in [-0.3, -0.25) is 0 Å². The lowest BCUT2D eigenvalue weighted by Crippen LogP contribution is -2.14. The van der Waals surface area contributed by atoms with E-state index in [0.29, 0.717) is 6.61 Å². The highest BCUT2D eigenvalue weighted by Gasteiger charge is 2.07. The van der Waals surface area contributed by atoms with E-state index in [0.717, 1.165) is 24.6 Å². The number of aryl methyl sites for hydroxylation is 1. The normalized spacial score (nSPS) is 10.3. The molecule has 0 spiro atoms. The Kier molecular flexibility index (Phi) is 10.8. The predicted molar refractivity (Wildman–Crippen MR) is 112 cm³/mol. The molecule has 0 heterocycles. The van der Waals surface area contributed by atoms with Crippen LogP contribution in [0.4, 0.5) is 0 Å². The molecule has 0 bridgehead atoms. The van der Waals surface area contributed by atoms with Crippen molar-refractivity contribution in [3.63, 3.8) is 0 Å². The quantitative estimate of drug-likeness (QED) is 0.511. The summed E-state index contributed by atoms with van der Waals surface area (Å²) in [6.07, 6.45) is 5.14. The van der Waals surface area contributed by atoms with Gasteiger partial charge in [-0.2, -0.15) is 0 Å². The van der Waals surface area contributed by atoms with Crippen LogP contribution in [0, 0.1) is 6.92 Å². The molecule has 0 saturated carbocycles. The number of rotatable bonds is 11. The van der Waals surface area contributed by atoms with Crippen LogP contribution < -0.4 is 14.8 Å². The van der Waals surface area contributed by atoms with Crippen LogP contribution in [0.1, 0.15) is 49.3 Å². The number of ether oxygens (including phenoxy) is 2. The number of hydrogen-bond donors (Lipinski definition) is 1. The smallest absolute Gasteiger partial charge is 0.161 e. The highest BCUT2D eigenvalue weighted by atomic mass is 35.5. The van der Waals surface area contributed by atoms with E-state index >= 15 is 0 Å². The number of nitrogens with one attached hydrogen (secondary N) is 1. The van der Waals surface area contributed by atoms with Gasteiger partial charge < -0.3 is 14.8 Å². The zero-order chi connectivity index (χ0) is 17.9. The molecular weight excluding hydrogens is 346 g/mol. The van der Waals surface area contributed by atoms with Gasteiger partial charge in [0.15, 0.2) is 11.5 Å². The summed E-state index contributed by atoms with van der Waals surface area (Å²) in [4.78, 5) is 0. The molecule has 0 aliphatic heterocycles. The summed E-state index contributed by atoms with van der Waals surface area (Å²) in [5, 5.41) is 3.50. The maximum Gasteiger partial charge on any atom is 0.161 e. The summed E-state index contributed by atoms with van der Waals surface area (Å²) in [7, 11) is 1.69. The Balaban J connectivity index is 0.00000338. The third kappa shape index (κ3) is 7.27. The van der Waals surface area contributed by atoms with Gasteiger partial charge in [0.1, 0.15) is 6.61 Å². The van der Waals surface area contributed by atoms with Crippen molar-refractivity contribution in [2.24, 2.45) is 0 Å². The molecule has 26 heavy (non-hydrogen) atoms. The monoisotopic (exact) mass is 377 g/mol. The van der Waals surface area contributed by atoms with Crippen LogP contribution in [0.3, 0.4) is 0 Å². The number of methoxy groups -OCH3 is 1. The molecule has 1 N–H and O–H groups in total. The second kappa shape index (κ2) is 12.6. The van der Waals surface area contributed by atoms with Crippen molar-refractivity contribution >= 4 is 12.4 Å². The lowest BCUT2D eigenvalue weighted by Gasteiger charge is -2.13. The van der Waals surface area contributed by atoms with E-state index in [1.54, 1.807) is 7.11 Å². The minimum Gasteiger partial charge on any atom is -0.493 e. The van der Waals surface area contributed by atoms with Crippen LogP contribution in [-0.2, 0) is 13.2 Å². The minimum absolute atomic E-state index is 0. The summed E-state index contributed by atoms with van der Waals surface area (Å²) >= 11 is 0. The van der Waals surface area contributed by atoms with Crippen LogP contribution >= 0.6 is 12.4 Å². The summed E-state index contributed by atoms with van der Waals surface area (Å²) in [5.74, 6) is 1.58. The molecular formula is C22H32ClNO2. The first-order valence-corrected chi connectivity index (χ1v) is 9.29. The fourth-order valence-corrected chi connectivity index (χ4v) is 2.78. The molecule has 0 radical (unpaired) electrons. The lowest BCUT2D eigenvalue weighted by atomic mass is 10.1. The van der Waals surface area contributed by atoms with Gasteiger partial charge in [-0.15, -0.1) is 12.4 Å². The average Bonchev–Trinajstić information content (AvgIpc) is 2.64. The Morgan fingerprint density at radius 3 is 2.50 bits per heavy atom. The van der Waals surface area contributed by atoms with E-state index in [1.165, 1.54) is 42.4 Å². The lowest BCUT2D eigenvalue weighted by molar-refractivity contribution is 0.283. The molecule has 0 aliphatic carbocycles. The zero-order valence-corrected chi connectivity index (χ0v) is 17.0. The van der Waals surface area contributed by atoms with E-state index in [-0.39, 0.29) is 12.4 Å². The van der Waals surface area contributed by atoms with E-state index < -0.39 is 0 Å². The van der Waals surface area contributed by atoms with Crippen molar-refractivity contribution in [2.45, 2.75) is 52.7 Å². The Hall–Kier alpha value is -1.71. The van der Waals surface area contributed by atoms with Gasteiger partial charge in [-0.1, -0.05) is 56.5 Å². The largest absolute Gasteiger partial charge is 0.493 e. The molecule has 0 saturated heterocycles. The standard InChI is InChI=1S/C22H31NO2.ClH/c1-4-5-6-9-14-23-16-19-12-13-21(22(15-19)24-3)25-17-20-11-8-7-10-18(20)2;/h7-8,10-13,15,23H,4-6,9,14,16-17H2,1-3H3;1H. The molecule has 0 atom stereocenters. The first-order valence-electron chi connectivity index (χ1n) is 9.29. The number of unbranched alkanes of at least 4 members (excludes halogenated alkanes) is 3. The highest BCUT2D eigenvalue weighted by Crippen LogP contribution is 2.29. The van der Waals surface area contributed by atoms with Gasteiger partial charge in [-0.05, 0) is 48.7 Å². The van der Waals surface area contributed by atoms with Gasteiger partial charge >= 0.3 is 0 Å². The Morgan fingerprint density at radius 2 is 1.77 bits per heavy atom. The second-order valence-electron chi connectivity index (χ2n) is 6.44. The topological polar surface area (TPSA) is 30.5 Å². The van der Waals surface area contributed by atoms with Gasteiger partial charge in [-0.25, -0.2) is 0 Å². The second-order valence-corrected chi connectivity index (χ2v) is 6.44. The summed E-state index contributed by atoms with van der Waals surface area (Å²) in [6, 6.07) is 14.5. The SMILES string of the molecule is CCCCCCNCc1ccc(OCc2ccccc2C)c(OC)c1.Cl. The molecule has 4 heteroatoms. The fourth-order valence-electron chi connectivity index (χ4n) is 2.78. The first kappa shape index (κ1) is 22.3. The molecule has 2 aromatic rings. The average molecular weight is 378 g/mol. The van der Waals surface area contributed by atoms with Crippen LogP contribution in [-0.4, -0.2) is 13.7 Å². The Labute approximate surface area is 164 Å². The maximum atomic E-state index is 5.97. The van der Waals surface area contributed by atoms with Crippen LogP contribution in [0.25, 0.3) is 0 Å². The molecule has 2 rings (SSSR count). The van der Waals surface area contributed by atoms with Crippen LogP contribution in [0.2, 0.25) is 0 Å². The molecule has 0 amide bonds. The fraction of sp³-hybridized carbons (Fsp3) is 0.455. The van der Waals surface area contributed by atoms with Gasteiger partial charge in [0.05, 0.1) is 7.11 Å². The summed E-state index contributed by atoms with van der Waals surface area (Å²) < 4.78 is 11.5. The van der Waals surface area contributed by atoms with Crippen molar-refractivity contribution in [1.29, 1.82) is 0 Å². The van der Waals surface area contributed by atoms with Crippen molar-refractivity contribution in [3.05, 3.63) is 59.2 Å². The Morgan fingerprint density at radius 1 is 0.962 bits per heavy atom. The van der Waals surface area contributed by atoms with Gasteiger partial charge in [0.2, 0.25) is 0 Å². The molecule has 3 nitrogen and oxygen atoms in total. The van der Waals surface area contributed by atoms with E-state index in [1.807, 2.05) is 18.2 Å². The van der Waals surface area contributed by atoms with Crippen LogP contribution in [0.15, 0.2) is 42.5 Å². The Bertz CT molecular complexity index is 646. The first-order chi connectivity index (χ1) is 12.2. The minimum atomic E-state index is 0. The molecule has 2 aromatic carbocycles. The van der Waals surface area contributed by atoms with Crippen molar-refractivity contribution in [3.8, 4) is 11.5 Å². The predicted octanol–water partition coefficient (Wildman–Crippen LogP) is 5.67. The van der Waals surface area contributed by atoms with E-state index in [9.17, 15) is 0 Å².